The zero-order valence-electron chi connectivity index (χ0n) is 13.2. The number of benzene rings is 2. The van der Waals surface area contributed by atoms with Crippen molar-refractivity contribution in [1.29, 1.82) is 5.26 Å². The fourth-order valence-electron chi connectivity index (χ4n) is 2.73. The first kappa shape index (κ1) is 15.8. The normalized spacial score (nSPS) is 13.6. The second-order valence-corrected chi connectivity index (χ2v) is 5.69. The fourth-order valence-corrected chi connectivity index (χ4v) is 2.73. The molecule has 0 atom stereocenters. The summed E-state index contributed by atoms with van der Waals surface area (Å²) in [6, 6.07) is 16.2. The molecule has 1 fully saturated rings. The van der Waals surface area contributed by atoms with Crippen LogP contribution < -0.4 is 10.2 Å². The topological polar surface area (TPSA) is 73.2 Å². The minimum absolute atomic E-state index is 0.161. The van der Waals surface area contributed by atoms with E-state index in [1.54, 1.807) is 29.2 Å². The van der Waals surface area contributed by atoms with Gasteiger partial charge in [0, 0.05) is 30.8 Å². The number of nitrogens with one attached hydrogen (secondary N) is 1. The molecule has 0 aromatic heterocycles. The molecule has 0 bridgehead atoms. The minimum Gasteiger partial charge on any atom is -0.348 e. The molecular formula is C19H17N3O2. The highest BCUT2D eigenvalue weighted by atomic mass is 16.2. The van der Waals surface area contributed by atoms with Gasteiger partial charge in [0.25, 0.3) is 5.91 Å². The first-order valence-corrected chi connectivity index (χ1v) is 7.85. The lowest BCUT2D eigenvalue weighted by Crippen LogP contribution is -2.24. The van der Waals surface area contributed by atoms with E-state index < -0.39 is 0 Å². The van der Waals surface area contributed by atoms with Crippen LogP contribution in [0.25, 0.3) is 0 Å². The van der Waals surface area contributed by atoms with E-state index >= 15 is 0 Å². The molecule has 1 saturated heterocycles. The highest BCUT2D eigenvalue weighted by Gasteiger charge is 2.21. The highest BCUT2D eigenvalue weighted by Crippen LogP contribution is 2.21. The smallest absolute Gasteiger partial charge is 0.251 e. The molecule has 0 radical (unpaired) electrons. The Morgan fingerprint density at radius 3 is 2.67 bits per heavy atom. The predicted octanol–water partition coefficient (Wildman–Crippen LogP) is 2.62. The Balaban J connectivity index is 1.61. The van der Waals surface area contributed by atoms with E-state index in [0.29, 0.717) is 24.1 Å². The van der Waals surface area contributed by atoms with Crippen molar-refractivity contribution >= 4 is 17.5 Å². The van der Waals surface area contributed by atoms with E-state index in [1.807, 2.05) is 30.3 Å². The molecule has 120 valence electrons. The van der Waals surface area contributed by atoms with Crippen molar-refractivity contribution < 1.29 is 9.59 Å². The van der Waals surface area contributed by atoms with Crippen LogP contribution in [0.2, 0.25) is 0 Å². The number of carbonyl (C=O) groups is 2. The predicted molar refractivity (Wildman–Crippen MR) is 90.4 cm³/mol. The van der Waals surface area contributed by atoms with Crippen molar-refractivity contribution in [1.82, 2.24) is 5.32 Å². The van der Waals surface area contributed by atoms with E-state index in [-0.39, 0.29) is 11.8 Å². The van der Waals surface area contributed by atoms with Crippen molar-refractivity contribution in [2.75, 3.05) is 11.4 Å². The molecule has 5 nitrogen and oxygen atoms in total. The summed E-state index contributed by atoms with van der Waals surface area (Å²) in [6.07, 6.45) is 1.51. The maximum absolute atomic E-state index is 12.1. The molecule has 1 aliphatic rings. The van der Waals surface area contributed by atoms with Crippen LogP contribution >= 0.6 is 0 Å². The second kappa shape index (κ2) is 6.97. The summed E-state index contributed by atoms with van der Waals surface area (Å²) in [5, 5.41) is 11.7. The number of rotatable bonds is 4. The van der Waals surface area contributed by atoms with Crippen molar-refractivity contribution in [3.8, 4) is 6.07 Å². The summed E-state index contributed by atoms with van der Waals surface area (Å²) in [4.78, 5) is 25.6. The lowest BCUT2D eigenvalue weighted by molar-refractivity contribution is -0.117. The molecule has 5 heteroatoms. The number of anilines is 1. The fraction of sp³-hybridized carbons (Fsp3) is 0.211. The average molecular weight is 319 g/mol. The van der Waals surface area contributed by atoms with Gasteiger partial charge in [-0.05, 0) is 42.3 Å². The minimum atomic E-state index is -0.217. The molecule has 2 aromatic rings. The van der Waals surface area contributed by atoms with Gasteiger partial charge in [-0.1, -0.05) is 18.2 Å². The Morgan fingerprint density at radius 2 is 2.00 bits per heavy atom. The zero-order valence-corrected chi connectivity index (χ0v) is 13.2. The summed E-state index contributed by atoms with van der Waals surface area (Å²) in [7, 11) is 0. The van der Waals surface area contributed by atoms with Crippen LogP contribution in [0.1, 0.15) is 34.3 Å². The van der Waals surface area contributed by atoms with Gasteiger partial charge in [0.15, 0.2) is 0 Å². The Hall–Kier alpha value is -3.13. The van der Waals surface area contributed by atoms with Gasteiger partial charge in [-0.15, -0.1) is 0 Å². The Kier molecular flexibility index (Phi) is 4.57. The third-order valence-corrected chi connectivity index (χ3v) is 4.03. The number of amides is 2. The first-order chi connectivity index (χ1) is 11.7. The van der Waals surface area contributed by atoms with Crippen LogP contribution in [0, 0.1) is 11.3 Å². The van der Waals surface area contributed by atoms with Gasteiger partial charge in [-0.3, -0.25) is 9.59 Å². The van der Waals surface area contributed by atoms with E-state index in [0.717, 1.165) is 24.2 Å². The van der Waals surface area contributed by atoms with Crippen molar-refractivity contribution in [3.63, 3.8) is 0 Å². The summed E-state index contributed by atoms with van der Waals surface area (Å²) in [5.41, 5.74) is 2.78. The maximum atomic E-state index is 12.1. The van der Waals surface area contributed by atoms with Crippen molar-refractivity contribution in [2.24, 2.45) is 0 Å². The van der Waals surface area contributed by atoms with Gasteiger partial charge in [-0.25, -0.2) is 0 Å². The van der Waals surface area contributed by atoms with Crippen LogP contribution in [0.4, 0.5) is 5.69 Å². The molecule has 0 aliphatic carbocycles. The zero-order chi connectivity index (χ0) is 16.9. The third-order valence-electron chi connectivity index (χ3n) is 4.03. The highest BCUT2D eigenvalue weighted by molar-refractivity contribution is 5.95. The van der Waals surface area contributed by atoms with Crippen molar-refractivity contribution in [3.05, 3.63) is 65.2 Å². The number of nitrogens with zero attached hydrogens (tertiary/aromatic N) is 2. The van der Waals surface area contributed by atoms with Crippen molar-refractivity contribution in [2.45, 2.75) is 19.4 Å². The molecule has 24 heavy (non-hydrogen) atoms. The van der Waals surface area contributed by atoms with E-state index in [9.17, 15) is 9.59 Å². The summed E-state index contributed by atoms with van der Waals surface area (Å²) < 4.78 is 0. The first-order valence-electron chi connectivity index (χ1n) is 7.85. The molecule has 1 heterocycles. The number of nitriles is 1. The third kappa shape index (κ3) is 3.44. The van der Waals surface area contributed by atoms with Gasteiger partial charge in [0.2, 0.25) is 5.91 Å². The second-order valence-electron chi connectivity index (χ2n) is 5.69. The van der Waals surface area contributed by atoms with Crippen LogP contribution in [0.5, 0.6) is 0 Å². The molecular weight excluding hydrogens is 302 g/mol. The lowest BCUT2D eigenvalue weighted by Gasteiger charge is -2.16. The molecule has 0 unspecified atom stereocenters. The SMILES string of the molecule is N#Cc1cccc(C(=O)NCc2ccc(N3CCCC3=O)cc2)c1. The molecule has 2 aromatic carbocycles. The molecule has 0 saturated carbocycles. The van der Waals surface area contributed by atoms with Crippen LogP contribution in [-0.2, 0) is 11.3 Å². The van der Waals surface area contributed by atoms with Gasteiger partial charge >= 0.3 is 0 Å². The number of carbonyl (C=O) groups excluding carboxylic acids is 2. The molecule has 1 N–H and O–H groups in total. The summed E-state index contributed by atoms with van der Waals surface area (Å²) in [6.45, 7) is 1.16. The molecule has 1 aliphatic heterocycles. The Morgan fingerprint density at radius 1 is 1.21 bits per heavy atom. The van der Waals surface area contributed by atoms with Gasteiger partial charge in [0.05, 0.1) is 11.6 Å². The van der Waals surface area contributed by atoms with E-state index in [1.165, 1.54) is 0 Å². The van der Waals surface area contributed by atoms with Gasteiger partial charge in [0.1, 0.15) is 0 Å². The summed E-state index contributed by atoms with van der Waals surface area (Å²) >= 11 is 0. The van der Waals surface area contributed by atoms with E-state index in [4.69, 9.17) is 5.26 Å². The van der Waals surface area contributed by atoms with Crippen LogP contribution in [0.15, 0.2) is 48.5 Å². The largest absolute Gasteiger partial charge is 0.348 e. The molecule has 3 rings (SSSR count). The Bertz CT molecular complexity index is 806. The van der Waals surface area contributed by atoms with Gasteiger partial charge < -0.3 is 10.2 Å². The number of hydrogen-bond donors (Lipinski definition) is 1. The van der Waals surface area contributed by atoms with Crippen LogP contribution in [-0.4, -0.2) is 18.4 Å². The van der Waals surface area contributed by atoms with Gasteiger partial charge in [-0.2, -0.15) is 5.26 Å². The maximum Gasteiger partial charge on any atom is 0.251 e. The molecule has 0 spiro atoms. The van der Waals surface area contributed by atoms with E-state index in [2.05, 4.69) is 5.32 Å². The van der Waals surface area contributed by atoms with Crippen LogP contribution in [0.3, 0.4) is 0 Å². The number of hydrogen-bond acceptors (Lipinski definition) is 3. The lowest BCUT2D eigenvalue weighted by atomic mass is 10.1. The summed E-state index contributed by atoms with van der Waals surface area (Å²) in [5.74, 6) is -0.0562. The monoisotopic (exact) mass is 319 g/mol. The standard InChI is InChI=1S/C19H17N3O2/c20-12-15-3-1-4-16(11-15)19(24)21-13-14-6-8-17(9-7-14)22-10-2-5-18(22)23/h1,3-4,6-9,11H,2,5,10,13H2,(H,21,24). The average Bonchev–Trinajstić information content (AvgIpc) is 3.06. The Labute approximate surface area is 140 Å². The quantitative estimate of drug-likeness (QED) is 0.941. The molecule has 2 amide bonds.